The lowest BCUT2D eigenvalue weighted by Crippen LogP contribution is -2.30. The van der Waals surface area contributed by atoms with Crippen LogP contribution in [0.5, 0.6) is 17.4 Å². The first kappa shape index (κ1) is 20.2. The molecule has 4 rings (SSSR count). The first-order valence-electron chi connectivity index (χ1n) is 8.74. The molecule has 0 atom stereocenters. The van der Waals surface area contributed by atoms with Crippen LogP contribution in [0.1, 0.15) is 5.69 Å². The Labute approximate surface area is 180 Å². The predicted octanol–water partition coefficient (Wildman–Crippen LogP) is 5.39. The zero-order valence-corrected chi connectivity index (χ0v) is 17.2. The summed E-state index contributed by atoms with van der Waals surface area (Å²) in [6.45, 7) is -0.0513. The van der Waals surface area contributed by atoms with Gasteiger partial charge in [0.1, 0.15) is 22.9 Å². The van der Waals surface area contributed by atoms with E-state index in [1.165, 1.54) is 37.3 Å². The number of hydrogen-bond acceptors (Lipinski definition) is 5. The van der Waals surface area contributed by atoms with E-state index >= 15 is 0 Å². The summed E-state index contributed by atoms with van der Waals surface area (Å²) in [6, 6.07) is 12.4. The Morgan fingerprint density at radius 3 is 2.70 bits per heavy atom. The quantitative estimate of drug-likeness (QED) is 0.510. The standard InChI is InChI=1S/C20H15ClF2N4O2S/c1-28-17-9-7-12(22)14(25-17)10-24-20-26-18-16(30-27-20)8-6-13(23)19(18)29-15-5-3-2-4-11(15)21/h2-9H,10H2,1H3,(H2,24,26,27). The number of halogens is 3. The van der Waals surface area contributed by atoms with Crippen LogP contribution < -0.4 is 19.5 Å². The number of aliphatic imine (C=N–C) groups is 1. The molecule has 0 spiro atoms. The van der Waals surface area contributed by atoms with Crippen LogP contribution in [0, 0.1) is 11.6 Å². The van der Waals surface area contributed by atoms with Crippen LogP contribution in [0.15, 0.2) is 58.4 Å². The Morgan fingerprint density at radius 2 is 1.90 bits per heavy atom. The van der Waals surface area contributed by atoms with Crippen LogP contribution >= 0.6 is 23.5 Å². The summed E-state index contributed by atoms with van der Waals surface area (Å²) >= 11 is 7.35. The van der Waals surface area contributed by atoms with Crippen molar-refractivity contribution in [1.29, 1.82) is 0 Å². The van der Waals surface area contributed by atoms with Gasteiger partial charge in [-0.2, -0.15) is 0 Å². The summed E-state index contributed by atoms with van der Waals surface area (Å²) in [5.74, 6) is -0.188. The van der Waals surface area contributed by atoms with Crippen molar-refractivity contribution in [1.82, 2.24) is 9.71 Å². The van der Waals surface area contributed by atoms with Gasteiger partial charge < -0.3 is 14.8 Å². The number of nitrogens with zero attached hydrogens (tertiary/aromatic N) is 2. The number of pyridine rings is 1. The van der Waals surface area contributed by atoms with Crippen LogP contribution in [0.4, 0.5) is 14.5 Å². The van der Waals surface area contributed by atoms with Gasteiger partial charge in [-0.05, 0) is 42.3 Å². The van der Waals surface area contributed by atoms with Gasteiger partial charge in [0.15, 0.2) is 11.6 Å². The zero-order valence-electron chi connectivity index (χ0n) is 15.6. The minimum absolute atomic E-state index is 0.0204. The number of hydrogen-bond donors (Lipinski definition) is 2. The first-order chi connectivity index (χ1) is 14.5. The van der Waals surface area contributed by atoms with E-state index in [0.29, 0.717) is 27.3 Å². The Balaban J connectivity index is 1.61. The summed E-state index contributed by atoms with van der Waals surface area (Å²) < 4.78 is 42.3. The lowest BCUT2D eigenvalue weighted by molar-refractivity contribution is 0.393. The molecule has 0 unspecified atom stereocenters. The van der Waals surface area contributed by atoms with Crippen LogP contribution in [0.3, 0.4) is 0 Å². The largest absolute Gasteiger partial charge is 0.481 e. The van der Waals surface area contributed by atoms with E-state index < -0.39 is 11.6 Å². The highest BCUT2D eigenvalue weighted by Gasteiger charge is 2.23. The highest BCUT2D eigenvalue weighted by Crippen LogP contribution is 2.42. The van der Waals surface area contributed by atoms with Crippen molar-refractivity contribution in [3.8, 4) is 17.4 Å². The van der Waals surface area contributed by atoms with E-state index in [1.54, 1.807) is 30.3 Å². The maximum absolute atomic E-state index is 14.6. The number of methoxy groups -OCH3 is 1. The third kappa shape index (κ3) is 4.27. The predicted molar refractivity (Wildman–Crippen MR) is 112 cm³/mol. The van der Waals surface area contributed by atoms with Gasteiger partial charge >= 0.3 is 0 Å². The van der Waals surface area contributed by atoms with Crippen LogP contribution in [0.2, 0.25) is 5.02 Å². The van der Waals surface area contributed by atoms with E-state index in [-0.39, 0.29) is 23.9 Å². The van der Waals surface area contributed by atoms with Gasteiger partial charge in [0.25, 0.3) is 0 Å². The van der Waals surface area contributed by atoms with Crippen molar-refractivity contribution < 1.29 is 18.3 Å². The van der Waals surface area contributed by atoms with Crippen LogP contribution in [0.25, 0.3) is 0 Å². The molecule has 0 amide bonds. The number of ether oxygens (including phenoxy) is 2. The highest BCUT2D eigenvalue weighted by molar-refractivity contribution is 7.98. The topological polar surface area (TPSA) is 67.8 Å². The fourth-order valence-corrected chi connectivity index (χ4v) is 3.52. The van der Waals surface area contributed by atoms with Gasteiger partial charge in [-0.25, -0.2) is 18.8 Å². The molecule has 0 fully saturated rings. The van der Waals surface area contributed by atoms with Crippen LogP contribution in [-0.4, -0.2) is 18.1 Å². The van der Waals surface area contributed by atoms with Gasteiger partial charge in [-0.3, -0.25) is 4.72 Å². The molecule has 0 aliphatic carbocycles. The maximum atomic E-state index is 14.6. The van der Waals surface area contributed by atoms with E-state index in [2.05, 4.69) is 20.0 Å². The number of rotatable bonds is 5. The summed E-state index contributed by atoms with van der Waals surface area (Å²) in [5, 5.41) is 3.34. The van der Waals surface area contributed by atoms with Crippen molar-refractivity contribution in [2.75, 3.05) is 12.4 Å². The van der Waals surface area contributed by atoms with Crippen molar-refractivity contribution >= 4 is 35.2 Å². The van der Waals surface area contributed by atoms with Crippen molar-refractivity contribution in [3.05, 3.63) is 70.9 Å². The van der Waals surface area contributed by atoms with E-state index in [1.807, 2.05) is 0 Å². The molecular formula is C20H15ClF2N4O2S. The number of nitrogens with one attached hydrogen (secondary N) is 2. The van der Waals surface area contributed by atoms with Gasteiger partial charge in [0.05, 0.1) is 23.6 Å². The third-order valence-electron chi connectivity index (χ3n) is 4.11. The number of guanidine groups is 1. The molecule has 0 saturated carbocycles. The second-order valence-corrected chi connectivity index (χ2v) is 7.31. The normalized spacial score (nSPS) is 13.9. The molecule has 1 aliphatic rings. The van der Waals surface area contributed by atoms with Gasteiger partial charge in [0.2, 0.25) is 11.8 Å². The molecule has 2 heterocycles. The number of fused-ring (bicyclic) bond motifs is 1. The fourth-order valence-electron chi connectivity index (χ4n) is 2.64. The molecule has 1 aliphatic heterocycles. The monoisotopic (exact) mass is 448 g/mol. The second-order valence-electron chi connectivity index (χ2n) is 6.06. The molecule has 2 N–H and O–H groups in total. The molecule has 2 aromatic carbocycles. The second kappa shape index (κ2) is 8.76. The summed E-state index contributed by atoms with van der Waals surface area (Å²) in [4.78, 5) is 9.04. The minimum atomic E-state index is -0.566. The average Bonchev–Trinajstić information content (AvgIpc) is 2.76. The molecule has 10 heteroatoms. The minimum Gasteiger partial charge on any atom is -0.481 e. The maximum Gasteiger partial charge on any atom is 0.213 e. The highest BCUT2D eigenvalue weighted by atomic mass is 35.5. The molecule has 0 bridgehead atoms. The van der Waals surface area contributed by atoms with Gasteiger partial charge in [0, 0.05) is 6.07 Å². The molecule has 1 aromatic heterocycles. The third-order valence-corrected chi connectivity index (χ3v) is 5.28. The number of benzene rings is 2. The summed E-state index contributed by atoms with van der Waals surface area (Å²) in [5.41, 5.74) is 0.504. The van der Waals surface area contributed by atoms with E-state index in [9.17, 15) is 8.78 Å². The van der Waals surface area contributed by atoms with Gasteiger partial charge in [-0.1, -0.05) is 23.7 Å². The summed E-state index contributed by atoms with van der Waals surface area (Å²) in [7, 11) is 1.45. The number of para-hydroxylation sites is 1. The van der Waals surface area contributed by atoms with Crippen molar-refractivity contribution in [2.45, 2.75) is 11.4 Å². The Kier molecular flexibility index (Phi) is 5.91. The van der Waals surface area contributed by atoms with Crippen molar-refractivity contribution in [2.24, 2.45) is 4.99 Å². The molecule has 0 radical (unpaired) electrons. The molecule has 0 saturated heterocycles. The molecule has 30 heavy (non-hydrogen) atoms. The number of anilines is 1. The van der Waals surface area contributed by atoms with Crippen molar-refractivity contribution in [3.63, 3.8) is 0 Å². The lowest BCUT2D eigenvalue weighted by Gasteiger charge is -2.23. The smallest absolute Gasteiger partial charge is 0.213 e. The first-order valence-corrected chi connectivity index (χ1v) is 9.93. The SMILES string of the molecule is COc1ccc(F)c(CN=C2NSc3ccc(F)c(Oc4ccccc4Cl)c3N2)n1. The molecule has 3 aromatic rings. The van der Waals surface area contributed by atoms with E-state index in [4.69, 9.17) is 21.1 Å². The van der Waals surface area contributed by atoms with Gasteiger partial charge in [-0.15, -0.1) is 0 Å². The molecular weight excluding hydrogens is 434 g/mol. The molecule has 6 nitrogen and oxygen atoms in total. The molecule has 154 valence electrons. The fraction of sp³-hybridized carbons (Fsp3) is 0.100. The zero-order chi connectivity index (χ0) is 21.1. The van der Waals surface area contributed by atoms with Crippen LogP contribution in [-0.2, 0) is 6.54 Å². The Bertz CT molecular complexity index is 1130. The Hall–Kier alpha value is -3.04. The Morgan fingerprint density at radius 1 is 1.10 bits per heavy atom. The number of aromatic nitrogens is 1. The lowest BCUT2D eigenvalue weighted by atomic mass is 10.2. The summed E-state index contributed by atoms with van der Waals surface area (Å²) in [6.07, 6.45) is 0. The average molecular weight is 449 g/mol. The van der Waals surface area contributed by atoms with E-state index in [0.717, 1.165) is 0 Å².